The highest BCUT2D eigenvalue weighted by Gasteiger charge is 2.11. The van der Waals surface area contributed by atoms with Crippen molar-refractivity contribution in [3.05, 3.63) is 70.4 Å². The van der Waals surface area contributed by atoms with Crippen molar-refractivity contribution in [2.45, 2.75) is 19.3 Å². The Balaban J connectivity index is 1.64. The molecule has 3 aromatic heterocycles. The molecule has 0 atom stereocenters. The fourth-order valence-corrected chi connectivity index (χ4v) is 3.10. The Labute approximate surface area is 170 Å². The van der Waals surface area contributed by atoms with E-state index in [1.165, 1.54) is 0 Å². The molecule has 9 heteroatoms. The topological polar surface area (TPSA) is 133 Å². The summed E-state index contributed by atoms with van der Waals surface area (Å²) in [6, 6.07) is 11.2. The van der Waals surface area contributed by atoms with Crippen LogP contribution < -0.4 is 5.69 Å². The molecule has 0 radical (unpaired) electrons. The van der Waals surface area contributed by atoms with Crippen molar-refractivity contribution in [1.29, 1.82) is 0 Å². The maximum atomic E-state index is 11.5. The normalized spacial score (nSPS) is 11.8. The number of oxime groups is 1. The molecule has 30 heavy (non-hydrogen) atoms. The van der Waals surface area contributed by atoms with E-state index in [-0.39, 0.29) is 12.1 Å². The minimum atomic E-state index is -0.822. The van der Waals surface area contributed by atoms with Crippen LogP contribution in [0.3, 0.4) is 0 Å². The minimum Gasteiger partial charge on any atom is -0.481 e. The molecule has 0 bridgehead atoms. The lowest BCUT2D eigenvalue weighted by atomic mass is 10.0. The molecule has 0 saturated heterocycles. The van der Waals surface area contributed by atoms with Crippen molar-refractivity contribution in [2.24, 2.45) is 5.16 Å². The van der Waals surface area contributed by atoms with E-state index in [0.717, 1.165) is 22.0 Å². The third-order valence-corrected chi connectivity index (χ3v) is 4.54. The quantitative estimate of drug-likeness (QED) is 0.234. The number of aromatic amines is 2. The van der Waals surface area contributed by atoms with E-state index in [0.29, 0.717) is 36.3 Å². The van der Waals surface area contributed by atoms with Crippen LogP contribution in [0.15, 0.2) is 58.7 Å². The Hall–Kier alpha value is -4.01. The maximum Gasteiger partial charge on any atom is 0.325 e. The van der Waals surface area contributed by atoms with Crippen molar-refractivity contribution in [3.63, 3.8) is 0 Å². The highest BCUT2D eigenvalue weighted by molar-refractivity contribution is 6.13. The van der Waals surface area contributed by atoms with Gasteiger partial charge >= 0.3 is 11.7 Å². The number of carbonyl (C=O) groups is 1. The summed E-state index contributed by atoms with van der Waals surface area (Å²) in [6.07, 6.45) is 4.60. The molecule has 0 spiro atoms. The number of fused-ring (bicyclic) bond motifs is 2. The first-order valence-electron chi connectivity index (χ1n) is 9.45. The predicted molar refractivity (Wildman–Crippen MR) is 112 cm³/mol. The Morgan fingerprint density at radius 2 is 2.03 bits per heavy atom. The first-order chi connectivity index (χ1) is 14.6. The molecule has 0 unspecified atom stereocenters. The Kier molecular flexibility index (Phi) is 5.51. The lowest BCUT2D eigenvalue weighted by molar-refractivity contribution is -0.137. The minimum absolute atomic E-state index is 0.107. The third kappa shape index (κ3) is 4.35. The molecule has 9 nitrogen and oxygen atoms in total. The van der Waals surface area contributed by atoms with Crippen molar-refractivity contribution < 1.29 is 14.7 Å². The first kappa shape index (κ1) is 19.3. The summed E-state index contributed by atoms with van der Waals surface area (Å²) in [5, 5.41) is 13.8. The summed E-state index contributed by atoms with van der Waals surface area (Å²) in [6.45, 7) is 0.317. The molecule has 0 fully saturated rings. The largest absolute Gasteiger partial charge is 0.481 e. The summed E-state index contributed by atoms with van der Waals surface area (Å²) < 4.78 is 0. The zero-order valence-corrected chi connectivity index (χ0v) is 16.0. The molecule has 0 aliphatic carbocycles. The average Bonchev–Trinajstić information content (AvgIpc) is 3.10. The van der Waals surface area contributed by atoms with E-state index < -0.39 is 5.97 Å². The lowest BCUT2D eigenvalue weighted by Crippen LogP contribution is -2.06. The molecule has 0 aliphatic rings. The predicted octanol–water partition coefficient (Wildman–Crippen LogP) is 2.82. The maximum absolute atomic E-state index is 11.5. The monoisotopic (exact) mass is 405 g/mol. The number of imidazole rings is 1. The van der Waals surface area contributed by atoms with Crippen LogP contribution in [-0.4, -0.2) is 43.3 Å². The molecular weight excluding hydrogens is 386 g/mol. The number of H-pyrrole nitrogens is 2. The van der Waals surface area contributed by atoms with E-state index in [9.17, 15) is 9.59 Å². The molecule has 0 aliphatic heterocycles. The van der Waals surface area contributed by atoms with Crippen LogP contribution >= 0.6 is 0 Å². The fourth-order valence-electron chi connectivity index (χ4n) is 3.10. The van der Waals surface area contributed by atoms with Crippen molar-refractivity contribution in [3.8, 4) is 0 Å². The van der Waals surface area contributed by atoms with Gasteiger partial charge in [-0.1, -0.05) is 11.2 Å². The lowest BCUT2D eigenvalue weighted by Gasteiger charge is -2.08. The third-order valence-electron chi connectivity index (χ3n) is 4.54. The molecule has 4 rings (SSSR count). The van der Waals surface area contributed by atoms with Crippen molar-refractivity contribution in [1.82, 2.24) is 19.9 Å². The van der Waals surface area contributed by atoms with Gasteiger partial charge < -0.3 is 14.9 Å². The van der Waals surface area contributed by atoms with E-state index in [1.807, 2.05) is 36.4 Å². The standard InChI is InChI=1S/C21H19N5O4/c27-18(28)5-1-2-9-30-26-19(14-4-3-8-22-12-14)13-6-7-16-15(10-13)11-17-20(23-16)25-21(29)24-17/h3-4,6-8,10-12H,1-2,5,9H2,(H,27,28)(H2,23,24,25,29). The molecule has 152 valence electrons. The average molecular weight is 405 g/mol. The van der Waals surface area contributed by atoms with Gasteiger partial charge in [-0.2, -0.15) is 0 Å². The molecular formula is C21H19N5O4. The van der Waals surface area contributed by atoms with Crippen LogP contribution in [0.2, 0.25) is 0 Å². The van der Waals surface area contributed by atoms with Gasteiger partial charge in [0.25, 0.3) is 0 Å². The fraction of sp³-hybridized carbons (Fsp3) is 0.190. The van der Waals surface area contributed by atoms with Crippen LogP contribution in [0.4, 0.5) is 0 Å². The second kappa shape index (κ2) is 8.56. The first-order valence-corrected chi connectivity index (χ1v) is 9.45. The summed E-state index contributed by atoms with van der Waals surface area (Å²) >= 11 is 0. The van der Waals surface area contributed by atoms with Crippen LogP contribution in [0.25, 0.3) is 22.1 Å². The smallest absolute Gasteiger partial charge is 0.325 e. The Bertz CT molecular complexity index is 1280. The van der Waals surface area contributed by atoms with Gasteiger partial charge in [-0.15, -0.1) is 0 Å². The van der Waals surface area contributed by atoms with Gasteiger partial charge in [0.05, 0.1) is 11.0 Å². The van der Waals surface area contributed by atoms with Crippen molar-refractivity contribution in [2.75, 3.05) is 6.61 Å². The number of pyridine rings is 2. The summed E-state index contributed by atoms with van der Waals surface area (Å²) in [5.41, 5.74) is 3.76. The van der Waals surface area contributed by atoms with Gasteiger partial charge in [-0.3, -0.25) is 14.8 Å². The molecule has 0 amide bonds. The van der Waals surface area contributed by atoms with Crippen LogP contribution in [0.1, 0.15) is 30.4 Å². The van der Waals surface area contributed by atoms with Gasteiger partial charge in [-0.05, 0) is 43.2 Å². The van der Waals surface area contributed by atoms with Gasteiger partial charge in [-0.25, -0.2) is 9.78 Å². The van der Waals surface area contributed by atoms with Gasteiger partial charge in [0.1, 0.15) is 12.3 Å². The number of nitrogens with zero attached hydrogens (tertiary/aromatic N) is 3. The van der Waals surface area contributed by atoms with Gasteiger partial charge in [0.15, 0.2) is 5.65 Å². The van der Waals surface area contributed by atoms with Crippen LogP contribution in [0, 0.1) is 0 Å². The van der Waals surface area contributed by atoms with E-state index in [4.69, 9.17) is 9.94 Å². The van der Waals surface area contributed by atoms with Gasteiger partial charge in [0, 0.05) is 35.3 Å². The highest BCUT2D eigenvalue weighted by atomic mass is 16.6. The Morgan fingerprint density at radius 3 is 2.83 bits per heavy atom. The summed E-state index contributed by atoms with van der Waals surface area (Å²) in [4.78, 5) is 41.6. The summed E-state index contributed by atoms with van der Waals surface area (Å²) in [5.74, 6) is -0.822. The number of rotatable bonds is 8. The molecule has 3 heterocycles. The number of hydrogen-bond acceptors (Lipinski definition) is 6. The van der Waals surface area contributed by atoms with E-state index in [2.05, 4.69) is 25.1 Å². The molecule has 1 aromatic carbocycles. The number of aliphatic carboxylic acids is 1. The number of aromatic nitrogens is 4. The number of nitrogens with one attached hydrogen (secondary N) is 2. The van der Waals surface area contributed by atoms with Crippen LogP contribution in [0.5, 0.6) is 0 Å². The number of hydrogen-bond donors (Lipinski definition) is 3. The number of carboxylic acid groups (broad SMARTS) is 1. The second-order valence-corrected chi connectivity index (χ2v) is 6.74. The van der Waals surface area contributed by atoms with E-state index in [1.54, 1.807) is 12.4 Å². The molecule has 4 aromatic rings. The summed E-state index contributed by atoms with van der Waals surface area (Å²) in [7, 11) is 0. The van der Waals surface area contributed by atoms with Crippen molar-refractivity contribution >= 4 is 33.7 Å². The molecule has 3 N–H and O–H groups in total. The van der Waals surface area contributed by atoms with Gasteiger partial charge in [0.2, 0.25) is 0 Å². The zero-order valence-electron chi connectivity index (χ0n) is 16.0. The number of benzene rings is 1. The zero-order chi connectivity index (χ0) is 20.9. The second-order valence-electron chi connectivity index (χ2n) is 6.74. The SMILES string of the molecule is O=C(O)CCCCON=C(c1cccnc1)c1ccc2nc3[nH]c(=O)[nH]c3cc2c1. The van der Waals surface area contributed by atoms with Crippen LogP contribution in [-0.2, 0) is 9.63 Å². The van der Waals surface area contributed by atoms with E-state index >= 15 is 0 Å². The highest BCUT2D eigenvalue weighted by Crippen LogP contribution is 2.20. The molecule has 0 saturated carbocycles. The number of unbranched alkanes of at least 4 members (excludes halogenated alkanes) is 1. The number of carboxylic acids is 1. The Morgan fingerprint density at radius 1 is 1.13 bits per heavy atom.